The Hall–Kier alpha value is -0.900. The monoisotopic (exact) mass is 287 g/mol. The molecular weight excluding hydrogens is 273 g/mol. The molecule has 0 fully saturated rings. The molecule has 1 aromatic rings. The second kappa shape index (κ2) is 6.63. The lowest BCUT2D eigenvalue weighted by Crippen LogP contribution is -2.28. The molecule has 0 aromatic heterocycles. The minimum atomic E-state index is -0.388. The van der Waals surface area contributed by atoms with E-state index in [0.29, 0.717) is 18.0 Å². The predicted octanol–water partition coefficient (Wildman–Crippen LogP) is 2.98. The maximum absolute atomic E-state index is 12.9. The first-order valence-corrected chi connectivity index (χ1v) is 6.35. The minimum absolute atomic E-state index is 0.221. The van der Waals surface area contributed by atoms with Gasteiger partial charge in [-0.1, -0.05) is 28.9 Å². The molecule has 0 bridgehead atoms. The zero-order valence-electron chi connectivity index (χ0n) is 9.17. The van der Waals surface area contributed by atoms with Crippen LogP contribution in [0.4, 0.5) is 4.39 Å². The molecule has 1 rings (SSSR count). The van der Waals surface area contributed by atoms with E-state index in [2.05, 4.69) is 28.2 Å². The fourth-order valence-corrected chi connectivity index (χ4v) is 2.07. The van der Waals surface area contributed by atoms with Gasteiger partial charge < -0.3 is 5.32 Å². The highest BCUT2D eigenvalue weighted by atomic mass is 79.9. The van der Waals surface area contributed by atoms with Crippen LogP contribution >= 0.6 is 15.9 Å². The fourth-order valence-electron chi connectivity index (χ4n) is 1.29. The van der Waals surface area contributed by atoms with Crippen molar-refractivity contribution in [2.45, 2.75) is 13.3 Å². The van der Waals surface area contributed by atoms with Crippen LogP contribution in [0.5, 0.6) is 0 Å². The van der Waals surface area contributed by atoms with Gasteiger partial charge in [0.15, 0.2) is 0 Å². The first-order valence-electron chi connectivity index (χ1n) is 5.23. The molecule has 88 valence electrons. The van der Waals surface area contributed by atoms with Crippen LogP contribution in [0.25, 0.3) is 0 Å². The van der Waals surface area contributed by atoms with Gasteiger partial charge in [-0.2, -0.15) is 0 Å². The number of carbonyl (C=O) groups excluding carboxylic acids is 1. The van der Waals surface area contributed by atoms with Crippen LogP contribution in [0.1, 0.15) is 23.7 Å². The van der Waals surface area contributed by atoms with E-state index in [4.69, 9.17) is 0 Å². The zero-order chi connectivity index (χ0) is 12.0. The Balaban J connectivity index is 2.47. The van der Waals surface area contributed by atoms with Gasteiger partial charge in [0.2, 0.25) is 0 Å². The molecule has 2 nitrogen and oxygen atoms in total. The number of alkyl halides is 1. The lowest BCUT2D eigenvalue weighted by Gasteiger charge is -2.10. The Morgan fingerprint density at radius 2 is 2.31 bits per heavy atom. The van der Waals surface area contributed by atoms with E-state index in [9.17, 15) is 9.18 Å². The van der Waals surface area contributed by atoms with Gasteiger partial charge in [0, 0.05) is 17.4 Å². The zero-order valence-corrected chi connectivity index (χ0v) is 10.8. The summed E-state index contributed by atoms with van der Waals surface area (Å²) in [5, 5.41) is 3.70. The first kappa shape index (κ1) is 13.2. The minimum Gasteiger partial charge on any atom is -0.352 e. The molecule has 0 aliphatic carbocycles. The molecule has 0 aliphatic rings. The molecule has 0 radical (unpaired) electrons. The maximum Gasteiger partial charge on any atom is 0.251 e. The normalized spacial score (nSPS) is 12.2. The van der Waals surface area contributed by atoms with Crippen molar-refractivity contribution in [2.75, 3.05) is 11.9 Å². The van der Waals surface area contributed by atoms with E-state index < -0.39 is 0 Å². The summed E-state index contributed by atoms with van der Waals surface area (Å²) in [6.07, 6.45) is 1.00. The van der Waals surface area contributed by atoms with Crippen molar-refractivity contribution in [1.29, 1.82) is 0 Å². The number of carbonyl (C=O) groups is 1. The molecule has 0 saturated carbocycles. The van der Waals surface area contributed by atoms with Crippen molar-refractivity contribution in [3.63, 3.8) is 0 Å². The summed E-state index contributed by atoms with van der Waals surface area (Å²) < 4.78 is 12.9. The van der Waals surface area contributed by atoms with Gasteiger partial charge in [-0.15, -0.1) is 0 Å². The Labute approximate surface area is 103 Å². The van der Waals surface area contributed by atoms with Crippen LogP contribution < -0.4 is 5.32 Å². The molecule has 16 heavy (non-hydrogen) atoms. The van der Waals surface area contributed by atoms with Crippen molar-refractivity contribution in [3.8, 4) is 0 Å². The summed E-state index contributed by atoms with van der Waals surface area (Å²) in [5.41, 5.74) is 0.367. The highest BCUT2D eigenvalue weighted by molar-refractivity contribution is 9.09. The van der Waals surface area contributed by atoms with Crippen LogP contribution in [0.2, 0.25) is 0 Å². The Morgan fingerprint density at radius 1 is 1.56 bits per heavy atom. The van der Waals surface area contributed by atoms with Crippen LogP contribution in [0.15, 0.2) is 24.3 Å². The SMILES string of the molecule is CC(CCBr)CNC(=O)c1cccc(F)c1. The molecule has 4 heteroatoms. The summed E-state index contributed by atoms with van der Waals surface area (Å²) in [6.45, 7) is 2.67. The molecule has 1 atom stereocenters. The van der Waals surface area contributed by atoms with Gasteiger partial charge in [0.05, 0.1) is 0 Å². The summed E-state index contributed by atoms with van der Waals surface area (Å²) in [4.78, 5) is 11.6. The highest BCUT2D eigenvalue weighted by Gasteiger charge is 2.07. The smallest absolute Gasteiger partial charge is 0.251 e. The molecule has 1 N–H and O–H groups in total. The molecule has 0 aliphatic heterocycles. The Kier molecular flexibility index (Phi) is 5.46. The second-order valence-corrected chi connectivity index (χ2v) is 4.60. The number of hydrogen-bond donors (Lipinski definition) is 1. The molecule has 0 spiro atoms. The van der Waals surface area contributed by atoms with Crippen LogP contribution in [0, 0.1) is 11.7 Å². The van der Waals surface area contributed by atoms with Crippen LogP contribution in [-0.2, 0) is 0 Å². The van der Waals surface area contributed by atoms with Gasteiger partial charge in [0.25, 0.3) is 5.91 Å². The largest absolute Gasteiger partial charge is 0.352 e. The van der Waals surface area contributed by atoms with E-state index >= 15 is 0 Å². The predicted molar refractivity (Wildman–Crippen MR) is 66.3 cm³/mol. The third-order valence-electron chi connectivity index (χ3n) is 2.30. The number of nitrogens with one attached hydrogen (secondary N) is 1. The number of amides is 1. The van der Waals surface area contributed by atoms with Crippen LogP contribution in [0.3, 0.4) is 0 Å². The fraction of sp³-hybridized carbons (Fsp3) is 0.417. The average molecular weight is 288 g/mol. The van der Waals surface area contributed by atoms with Crippen molar-refractivity contribution in [3.05, 3.63) is 35.6 Å². The van der Waals surface area contributed by atoms with E-state index in [0.717, 1.165) is 11.8 Å². The lowest BCUT2D eigenvalue weighted by atomic mass is 10.1. The van der Waals surface area contributed by atoms with Crippen molar-refractivity contribution in [2.24, 2.45) is 5.92 Å². The summed E-state index contributed by atoms with van der Waals surface area (Å²) in [5.74, 6) is -0.195. The number of rotatable bonds is 5. The average Bonchev–Trinajstić information content (AvgIpc) is 2.26. The van der Waals surface area contributed by atoms with E-state index in [1.165, 1.54) is 18.2 Å². The van der Waals surface area contributed by atoms with Gasteiger partial charge in [-0.25, -0.2) is 4.39 Å². The van der Waals surface area contributed by atoms with Gasteiger partial charge >= 0.3 is 0 Å². The molecule has 1 aromatic carbocycles. The maximum atomic E-state index is 12.9. The number of benzene rings is 1. The summed E-state index contributed by atoms with van der Waals surface area (Å²) in [6, 6.07) is 5.70. The third kappa shape index (κ3) is 4.31. The van der Waals surface area contributed by atoms with Crippen molar-refractivity contribution < 1.29 is 9.18 Å². The highest BCUT2D eigenvalue weighted by Crippen LogP contribution is 2.05. The van der Waals surface area contributed by atoms with Gasteiger partial charge in [0.1, 0.15) is 5.82 Å². The van der Waals surface area contributed by atoms with E-state index in [1.54, 1.807) is 6.07 Å². The Morgan fingerprint density at radius 3 is 2.94 bits per heavy atom. The summed E-state index contributed by atoms with van der Waals surface area (Å²) in [7, 11) is 0. The molecule has 1 unspecified atom stereocenters. The molecule has 0 saturated heterocycles. The first-order chi connectivity index (χ1) is 7.63. The van der Waals surface area contributed by atoms with Gasteiger partial charge in [-0.3, -0.25) is 4.79 Å². The van der Waals surface area contributed by atoms with E-state index in [1.807, 2.05) is 0 Å². The third-order valence-corrected chi connectivity index (χ3v) is 2.76. The van der Waals surface area contributed by atoms with Gasteiger partial charge in [-0.05, 0) is 30.5 Å². The molecule has 1 amide bonds. The molecular formula is C12H15BrFNO. The van der Waals surface area contributed by atoms with Crippen molar-refractivity contribution in [1.82, 2.24) is 5.32 Å². The molecule has 0 heterocycles. The van der Waals surface area contributed by atoms with Crippen molar-refractivity contribution >= 4 is 21.8 Å². The summed E-state index contributed by atoms with van der Waals surface area (Å²) >= 11 is 3.35. The van der Waals surface area contributed by atoms with Crippen LogP contribution in [-0.4, -0.2) is 17.8 Å². The standard InChI is InChI=1S/C12H15BrFNO/c1-9(5-6-13)8-15-12(16)10-3-2-4-11(14)7-10/h2-4,7,9H,5-6,8H2,1H3,(H,15,16). The Bertz CT molecular complexity index is 357. The number of hydrogen-bond acceptors (Lipinski definition) is 1. The second-order valence-electron chi connectivity index (χ2n) is 3.80. The quantitative estimate of drug-likeness (QED) is 0.829. The topological polar surface area (TPSA) is 29.1 Å². The number of halogens is 2. The lowest BCUT2D eigenvalue weighted by molar-refractivity contribution is 0.0947. The van der Waals surface area contributed by atoms with E-state index in [-0.39, 0.29) is 11.7 Å².